The lowest BCUT2D eigenvalue weighted by atomic mass is 10.2. The molecule has 0 bridgehead atoms. The number of rotatable bonds is 3. The maximum atomic E-state index is 11.7. The molecule has 7 heteroatoms. The van der Waals surface area contributed by atoms with Crippen LogP contribution in [0.1, 0.15) is 25.7 Å². The van der Waals surface area contributed by atoms with Gasteiger partial charge in [-0.25, -0.2) is 4.79 Å². The Bertz CT molecular complexity index is 557. The number of H-pyrrole nitrogens is 1. The van der Waals surface area contributed by atoms with Gasteiger partial charge in [-0.05, 0) is 28.8 Å². The number of nitrogens with zero attached hydrogens (tertiary/aromatic N) is 1. The molecule has 6 nitrogen and oxygen atoms in total. The molecule has 0 aromatic carbocycles. The largest absolute Gasteiger partial charge is 0.352 e. The summed E-state index contributed by atoms with van der Waals surface area (Å²) in [6.45, 7) is -0.0787. The summed E-state index contributed by atoms with van der Waals surface area (Å²) in [6.07, 6.45) is 5.59. The molecular weight excluding hydrogens is 302 g/mol. The molecule has 1 saturated carbocycles. The number of nitrogens with one attached hydrogen (secondary N) is 2. The van der Waals surface area contributed by atoms with Crippen LogP contribution in [0.25, 0.3) is 0 Å². The van der Waals surface area contributed by atoms with E-state index in [4.69, 9.17) is 0 Å². The van der Waals surface area contributed by atoms with Crippen molar-refractivity contribution in [2.75, 3.05) is 0 Å². The molecule has 0 unspecified atom stereocenters. The van der Waals surface area contributed by atoms with E-state index in [9.17, 15) is 14.4 Å². The van der Waals surface area contributed by atoms with Gasteiger partial charge in [0.15, 0.2) is 0 Å². The first kappa shape index (κ1) is 13.1. The molecule has 2 N–H and O–H groups in total. The van der Waals surface area contributed by atoms with Gasteiger partial charge in [-0.2, -0.15) is 0 Å². The molecule has 18 heavy (non-hydrogen) atoms. The minimum Gasteiger partial charge on any atom is -0.352 e. The number of hydrogen-bond acceptors (Lipinski definition) is 3. The Labute approximate surface area is 112 Å². The first-order valence-corrected chi connectivity index (χ1v) is 6.64. The van der Waals surface area contributed by atoms with Crippen molar-refractivity contribution in [3.63, 3.8) is 0 Å². The summed E-state index contributed by atoms with van der Waals surface area (Å²) in [5.74, 6) is -0.206. The molecular formula is C11H14BrN3O3. The van der Waals surface area contributed by atoms with Crippen LogP contribution in [0.15, 0.2) is 20.3 Å². The summed E-state index contributed by atoms with van der Waals surface area (Å²) in [7, 11) is 0. The van der Waals surface area contributed by atoms with Crippen molar-refractivity contribution in [3.05, 3.63) is 31.5 Å². The summed E-state index contributed by atoms with van der Waals surface area (Å²) >= 11 is 3.02. The van der Waals surface area contributed by atoms with Crippen LogP contribution in [0.3, 0.4) is 0 Å². The normalized spacial score (nSPS) is 15.8. The van der Waals surface area contributed by atoms with Crippen LogP contribution in [-0.4, -0.2) is 21.5 Å². The molecule has 1 aromatic heterocycles. The van der Waals surface area contributed by atoms with E-state index in [-0.39, 0.29) is 23.0 Å². The van der Waals surface area contributed by atoms with Crippen molar-refractivity contribution >= 4 is 21.8 Å². The summed E-state index contributed by atoms with van der Waals surface area (Å²) in [5, 5.41) is 2.88. The van der Waals surface area contributed by atoms with Gasteiger partial charge < -0.3 is 5.32 Å². The van der Waals surface area contributed by atoms with Crippen molar-refractivity contribution in [3.8, 4) is 0 Å². The number of carbonyl (C=O) groups excluding carboxylic acids is 1. The Balaban J connectivity index is 2.04. The Kier molecular flexibility index (Phi) is 4.00. The minimum absolute atomic E-state index is 0.0787. The molecule has 0 atom stereocenters. The molecule has 0 radical (unpaired) electrons. The van der Waals surface area contributed by atoms with Gasteiger partial charge in [-0.3, -0.25) is 19.1 Å². The molecule has 0 saturated heterocycles. The second-order valence-electron chi connectivity index (χ2n) is 4.41. The van der Waals surface area contributed by atoms with Gasteiger partial charge in [-0.15, -0.1) is 0 Å². The van der Waals surface area contributed by atoms with Gasteiger partial charge in [0.25, 0.3) is 5.56 Å². The molecule has 98 valence electrons. The Hall–Kier alpha value is -1.37. The van der Waals surface area contributed by atoms with Crippen LogP contribution in [0.4, 0.5) is 0 Å². The van der Waals surface area contributed by atoms with Crippen molar-refractivity contribution in [2.45, 2.75) is 38.3 Å². The summed E-state index contributed by atoms with van der Waals surface area (Å²) in [5.41, 5.74) is -1.07. The number of carbonyl (C=O) groups is 1. The van der Waals surface area contributed by atoms with Crippen molar-refractivity contribution in [2.24, 2.45) is 0 Å². The lowest BCUT2D eigenvalue weighted by molar-refractivity contribution is -0.122. The summed E-state index contributed by atoms with van der Waals surface area (Å²) in [6, 6.07) is 0.222. The van der Waals surface area contributed by atoms with Gasteiger partial charge in [0.05, 0.1) is 4.47 Å². The first-order chi connectivity index (χ1) is 8.56. The molecule has 0 spiro atoms. The number of amides is 1. The minimum atomic E-state index is -0.579. The standard InChI is InChI=1S/C11H14BrN3O3/c12-8-5-15(11(18)14-10(8)17)6-9(16)13-7-3-1-2-4-7/h5,7H,1-4,6H2,(H,13,16)(H,14,17,18). The van der Waals surface area contributed by atoms with Crippen LogP contribution >= 0.6 is 15.9 Å². The monoisotopic (exact) mass is 315 g/mol. The second-order valence-corrected chi connectivity index (χ2v) is 5.27. The van der Waals surface area contributed by atoms with Gasteiger partial charge in [-0.1, -0.05) is 12.8 Å². The predicted octanol–water partition coefficient (Wildman–Crippen LogP) is 0.358. The predicted molar refractivity (Wildman–Crippen MR) is 69.4 cm³/mol. The SMILES string of the molecule is O=C(Cn1cc(Br)c(=O)[nH]c1=O)NC1CCCC1. The molecule has 0 aliphatic heterocycles. The van der Waals surface area contributed by atoms with E-state index in [0.717, 1.165) is 25.7 Å². The average molecular weight is 316 g/mol. The zero-order chi connectivity index (χ0) is 13.1. The Morgan fingerprint density at radius 3 is 2.78 bits per heavy atom. The van der Waals surface area contributed by atoms with Gasteiger partial charge in [0.1, 0.15) is 6.54 Å². The molecule has 1 heterocycles. The first-order valence-electron chi connectivity index (χ1n) is 5.85. The maximum absolute atomic E-state index is 11.7. The molecule has 1 fully saturated rings. The van der Waals surface area contributed by atoms with Gasteiger partial charge in [0.2, 0.25) is 5.91 Å². The van der Waals surface area contributed by atoms with Crippen molar-refractivity contribution in [1.29, 1.82) is 0 Å². The zero-order valence-electron chi connectivity index (χ0n) is 9.74. The fourth-order valence-corrected chi connectivity index (χ4v) is 2.44. The van der Waals surface area contributed by atoms with Crippen molar-refractivity contribution < 1.29 is 4.79 Å². The maximum Gasteiger partial charge on any atom is 0.328 e. The van der Waals surface area contributed by atoms with E-state index in [2.05, 4.69) is 26.2 Å². The number of hydrogen-bond donors (Lipinski definition) is 2. The number of aromatic nitrogens is 2. The lowest BCUT2D eigenvalue weighted by Gasteiger charge is -2.12. The van der Waals surface area contributed by atoms with Crippen LogP contribution in [-0.2, 0) is 11.3 Å². The van der Waals surface area contributed by atoms with Gasteiger partial charge in [0, 0.05) is 12.2 Å². The zero-order valence-corrected chi connectivity index (χ0v) is 11.3. The third kappa shape index (κ3) is 3.10. The Morgan fingerprint density at radius 2 is 2.11 bits per heavy atom. The van der Waals surface area contributed by atoms with E-state index in [0.29, 0.717) is 0 Å². The summed E-state index contributed by atoms with van der Waals surface area (Å²) < 4.78 is 1.41. The van der Waals surface area contributed by atoms with Crippen molar-refractivity contribution in [1.82, 2.24) is 14.9 Å². The highest BCUT2D eigenvalue weighted by atomic mass is 79.9. The molecule has 2 rings (SSSR count). The van der Waals surface area contributed by atoms with E-state index in [1.165, 1.54) is 10.8 Å². The van der Waals surface area contributed by atoms with E-state index < -0.39 is 11.2 Å². The number of aromatic amines is 1. The highest BCUT2D eigenvalue weighted by molar-refractivity contribution is 9.10. The fourth-order valence-electron chi connectivity index (χ4n) is 2.10. The van der Waals surface area contributed by atoms with Crippen LogP contribution in [0.2, 0.25) is 0 Å². The molecule has 1 amide bonds. The fraction of sp³-hybridized carbons (Fsp3) is 0.545. The van der Waals surface area contributed by atoms with Crippen LogP contribution < -0.4 is 16.6 Å². The molecule has 1 aliphatic rings. The van der Waals surface area contributed by atoms with Gasteiger partial charge >= 0.3 is 5.69 Å². The molecule has 1 aliphatic carbocycles. The second kappa shape index (κ2) is 5.51. The van der Waals surface area contributed by atoms with E-state index in [1.807, 2.05) is 0 Å². The van der Waals surface area contributed by atoms with Crippen LogP contribution in [0.5, 0.6) is 0 Å². The van der Waals surface area contributed by atoms with Crippen LogP contribution in [0, 0.1) is 0 Å². The van der Waals surface area contributed by atoms with E-state index >= 15 is 0 Å². The average Bonchev–Trinajstić information content (AvgIpc) is 2.78. The third-order valence-electron chi connectivity index (χ3n) is 3.00. The topological polar surface area (TPSA) is 84.0 Å². The molecule has 1 aromatic rings. The quantitative estimate of drug-likeness (QED) is 0.844. The Morgan fingerprint density at radius 1 is 1.44 bits per heavy atom. The third-order valence-corrected chi connectivity index (χ3v) is 3.57. The summed E-state index contributed by atoms with van der Waals surface area (Å²) in [4.78, 5) is 36.5. The highest BCUT2D eigenvalue weighted by Gasteiger charge is 2.17. The number of halogens is 1. The highest BCUT2D eigenvalue weighted by Crippen LogP contribution is 2.17. The van der Waals surface area contributed by atoms with E-state index in [1.54, 1.807) is 0 Å². The smallest absolute Gasteiger partial charge is 0.328 e. The lowest BCUT2D eigenvalue weighted by Crippen LogP contribution is -2.39.